The minimum Gasteiger partial charge on any atom is -0.391 e. The molecule has 138 valence electrons. The van der Waals surface area contributed by atoms with Gasteiger partial charge in [0.25, 0.3) is 0 Å². The maximum Gasteiger partial charge on any atom is 0.491 e. The van der Waals surface area contributed by atoms with Crippen LogP contribution in [0.25, 0.3) is 11.0 Å². The Kier molecular flexibility index (Phi) is 4.30. The monoisotopic (exact) mass is 392 g/mol. The average Bonchev–Trinajstić information content (AvgIpc) is 2.90. The first kappa shape index (κ1) is 18.4. The number of fused-ring (bicyclic) bond motifs is 1. The summed E-state index contributed by atoms with van der Waals surface area (Å²) in [6.45, 7) is 0. The van der Waals surface area contributed by atoms with E-state index in [9.17, 15) is 31.1 Å². The van der Waals surface area contributed by atoms with E-state index in [2.05, 4.69) is 4.18 Å². The summed E-state index contributed by atoms with van der Waals surface area (Å²) < 4.78 is 84.8. The summed E-state index contributed by atoms with van der Waals surface area (Å²) in [7, 11) is -4.72. The van der Waals surface area contributed by atoms with Gasteiger partial charge in [-0.05, 0) is 23.3 Å². The van der Waals surface area contributed by atoms with Crippen molar-refractivity contribution in [3.8, 4) is 0 Å². The molecule has 2 aromatic carbocycles. The lowest BCUT2D eigenvalue weighted by molar-refractivity contribution is -0.189. The van der Waals surface area contributed by atoms with Gasteiger partial charge in [-0.25, -0.2) is 4.79 Å². The lowest BCUT2D eigenvalue weighted by Gasteiger charge is -2.39. The molecule has 26 heavy (non-hydrogen) atoms. The van der Waals surface area contributed by atoms with Gasteiger partial charge in [0.2, 0.25) is 0 Å². The summed E-state index contributed by atoms with van der Waals surface area (Å²) in [6, 6.07) is 12.2. The minimum atomic E-state index is -5.55. The molecule has 0 amide bonds. The molecular formula is C17H10F6O2S. The predicted octanol–water partition coefficient (Wildman–Crippen LogP) is 5.90. The molecule has 2 aromatic rings. The number of alkyl halides is 6. The van der Waals surface area contributed by atoms with Crippen LogP contribution in [0.5, 0.6) is 0 Å². The van der Waals surface area contributed by atoms with E-state index in [4.69, 9.17) is 0 Å². The lowest BCUT2D eigenvalue weighted by atomic mass is 10.1. The van der Waals surface area contributed by atoms with Crippen molar-refractivity contribution < 1.29 is 35.3 Å². The van der Waals surface area contributed by atoms with Crippen LogP contribution in [0.4, 0.5) is 26.3 Å². The summed E-state index contributed by atoms with van der Waals surface area (Å²) in [5.74, 6) is -2.87. The van der Waals surface area contributed by atoms with Gasteiger partial charge in [0.15, 0.2) is 0 Å². The predicted molar refractivity (Wildman–Crippen MR) is 84.8 cm³/mol. The first-order valence-electron chi connectivity index (χ1n) is 7.14. The number of hydrogen-bond donors (Lipinski definition) is 0. The molecule has 0 aliphatic carbocycles. The fourth-order valence-corrected chi connectivity index (χ4v) is 5.42. The summed E-state index contributed by atoms with van der Waals surface area (Å²) in [4.78, 5) is 10.4. The van der Waals surface area contributed by atoms with Gasteiger partial charge in [-0.3, -0.25) is 0 Å². The van der Waals surface area contributed by atoms with E-state index >= 15 is 0 Å². The second-order valence-corrected chi connectivity index (χ2v) is 7.90. The van der Waals surface area contributed by atoms with Gasteiger partial charge in [0.05, 0.1) is 10.3 Å². The number of halogens is 6. The zero-order valence-corrected chi connectivity index (χ0v) is 13.6. The summed E-state index contributed by atoms with van der Waals surface area (Å²) in [5.41, 5.74) is -5.14. The fourth-order valence-electron chi connectivity index (χ4n) is 2.60. The van der Waals surface area contributed by atoms with Crippen LogP contribution in [-0.4, -0.2) is 17.7 Å². The van der Waals surface area contributed by atoms with Gasteiger partial charge >= 0.3 is 17.7 Å². The van der Waals surface area contributed by atoms with E-state index in [1.807, 2.05) is 0 Å². The van der Waals surface area contributed by atoms with Crippen molar-refractivity contribution in [2.75, 3.05) is 0 Å². The van der Waals surface area contributed by atoms with Crippen LogP contribution in [0.3, 0.4) is 0 Å². The molecule has 1 aliphatic heterocycles. The van der Waals surface area contributed by atoms with E-state index in [1.165, 1.54) is 42.5 Å². The lowest BCUT2D eigenvalue weighted by Crippen LogP contribution is -2.32. The number of carbonyl (C=O) groups excluding carboxylic acids is 1. The smallest absolute Gasteiger partial charge is 0.391 e. The van der Waals surface area contributed by atoms with Gasteiger partial charge in [-0.15, -0.1) is 0 Å². The molecule has 1 atom stereocenters. The first-order valence-corrected chi connectivity index (χ1v) is 8.69. The Morgan fingerprint density at radius 1 is 0.846 bits per heavy atom. The molecule has 2 nitrogen and oxygen atoms in total. The Labute approximate surface area is 145 Å². The van der Waals surface area contributed by atoms with Crippen LogP contribution in [0.2, 0.25) is 0 Å². The molecule has 0 aromatic heterocycles. The summed E-state index contributed by atoms with van der Waals surface area (Å²) in [5, 5.41) is 0. The average molecular weight is 392 g/mol. The van der Waals surface area contributed by atoms with E-state index < -0.39 is 37.8 Å². The van der Waals surface area contributed by atoms with Crippen molar-refractivity contribution in [2.24, 2.45) is 0 Å². The highest BCUT2D eigenvalue weighted by Gasteiger charge is 2.62. The van der Waals surface area contributed by atoms with Crippen LogP contribution in [0.15, 0.2) is 59.5 Å². The third-order valence-corrected chi connectivity index (χ3v) is 6.66. The van der Waals surface area contributed by atoms with Crippen molar-refractivity contribution in [1.82, 2.24) is 0 Å². The Bertz CT molecular complexity index is 873. The molecule has 0 saturated heterocycles. The van der Waals surface area contributed by atoms with E-state index in [1.54, 1.807) is 6.07 Å². The number of benzene rings is 2. The highest BCUT2D eigenvalue weighted by Crippen LogP contribution is 2.79. The zero-order valence-electron chi connectivity index (χ0n) is 12.8. The van der Waals surface area contributed by atoms with Crippen LogP contribution in [0, 0.1) is 0 Å². The van der Waals surface area contributed by atoms with Crippen LogP contribution in [-0.2, 0) is 8.98 Å². The summed E-state index contributed by atoms with van der Waals surface area (Å²) >= 11 is 0. The number of rotatable bonds is 2. The normalized spacial score (nSPS) is 22.2. The van der Waals surface area contributed by atoms with Crippen molar-refractivity contribution in [3.05, 3.63) is 65.7 Å². The third kappa shape index (κ3) is 2.86. The standard InChI is InChI=1S/C17H10F6O2S/c18-16(19,20)15(24)25-26(17(21,22)23)13-9-5-4-8-12(13)10-14(26)11-6-2-1-3-7-11/h1-10H. The van der Waals surface area contributed by atoms with E-state index in [-0.39, 0.29) is 11.1 Å². The third-order valence-electron chi connectivity index (χ3n) is 3.64. The SMILES string of the molecule is O=C(OS1(C(F)(F)F)C(c2ccccc2)=Cc2ccccc21)C(F)(F)F. The Balaban J connectivity index is 2.28. The molecule has 0 spiro atoms. The molecule has 0 radical (unpaired) electrons. The highest BCUT2D eigenvalue weighted by atomic mass is 32.3. The molecule has 0 saturated carbocycles. The van der Waals surface area contributed by atoms with Crippen LogP contribution in [0.1, 0.15) is 11.1 Å². The Morgan fingerprint density at radius 3 is 2.00 bits per heavy atom. The van der Waals surface area contributed by atoms with Gasteiger partial charge in [-0.1, -0.05) is 48.5 Å². The van der Waals surface area contributed by atoms with Gasteiger partial charge in [0, 0.05) is 9.80 Å². The molecule has 0 fully saturated rings. The largest absolute Gasteiger partial charge is 0.491 e. The fraction of sp³-hybridized carbons (Fsp3) is 0.118. The second-order valence-electron chi connectivity index (χ2n) is 5.28. The van der Waals surface area contributed by atoms with Gasteiger partial charge < -0.3 is 4.18 Å². The molecular weight excluding hydrogens is 382 g/mol. The van der Waals surface area contributed by atoms with Crippen molar-refractivity contribution in [2.45, 2.75) is 16.6 Å². The first-order chi connectivity index (χ1) is 12.1. The van der Waals surface area contributed by atoms with Crippen molar-refractivity contribution in [3.63, 3.8) is 0 Å². The minimum absolute atomic E-state index is 0.0333. The van der Waals surface area contributed by atoms with Crippen LogP contribution < -0.4 is 0 Å². The van der Waals surface area contributed by atoms with Gasteiger partial charge in [-0.2, -0.15) is 26.3 Å². The summed E-state index contributed by atoms with van der Waals surface area (Å²) in [6.07, 6.45) is -4.43. The Hall–Kier alpha value is -2.42. The molecule has 0 bridgehead atoms. The maximum atomic E-state index is 14.1. The molecule has 1 unspecified atom stereocenters. The highest BCUT2D eigenvalue weighted by molar-refractivity contribution is 8.38. The second kappa shape index (κ2) is 6.08. The van der Waals surface area contributed by atoms with Crippen molar-refractivity contribution in [1.29, 1.82) is 0 Å². The van der Waals surface area contributed by atoms with Gasteiger partial charge in [0.1, 0.15) is 0 Å². The number of hydrogen-bond acceptors (Lipinski definition) is 2. The van der Waals surface area contributed by atoms with Crippen LogP contribution >= 0.6 is 10.3 Å². The quantitative estimate of drug-likeness (QED) is 0.595. The molecule has 1 heterocycles. The molecule has 0 N–H and O–H groups in total. The van der Waals surface area contributed by atoms with E-state index in [0.717, 1.165) is 12.1 Å². The number of carbonyl (C=O) groups is 1. The molecule has 9 heteroatoms. The molecule has 3 rings (SSSR count). The molecule has 1 aliphatic rings. The van der Waals surface area contributed by atoms with Crippen molar-refractivity contribution >= 4 is 27.3 Å². The zero-order chi connectivity index (χ0) is 19.2. The topological polar surface area (TPSA) is 26.3 Å². The van der Waals surface area contributed by atoms with E-state index in [0.29, 0.717) is 0 Å². The maximum absolute atomic E-state index is 14.1. The Morgan fingerprint density at radius 2 is 1.42 bits per heavy atom.